The van der Waals surface area contributed by atoms with Gasteiger partial charge in [-0.25, -0.2) is 0 Å². The number of nitriles is 1. The molecule has 2 aromatic carbocycles. The molecule has 0 heterocycles. The van der Waals surface area contributed by atoms with Crippen LogP contribution in [0.2, 0.25) is 0 Å². The Bertz CT molecular complexity index is 922. The van der Waals surface area contributed by atoms with E-state index in [1.54, 1.807) is 18.2 Å². The van der Waals surface area contributed by atoms with Crippen LogP contribution in [0.3, 0.4) is 0 Å². The fourth-order valence-corrected chi connectivity index (χ4v) is 2.75. The van der Waals surface area contributed by atoms with Gasteiger partial charge in [0.2, 0.25) is 0 Å². The molecular weight excluding hydrogens is 328 g/mol. The molecule has 1 amide bonds. The quantitative estimate of drug-likeness (QED) is 0.508. The smallest absolute Gasteiger partial charge is 0.339 e. The zero-order valence-corrected chi connectivity index (χ0v) is 13.6. The van der Waals surface area contributed by atoms with Gasteiger partial charge in [0.1, 0.15) is 22.3 Å². The summed E-state index contributed by atoms with van der Waals surface area (Å²) < 4.78 is 29.4. The number of aryl methyl sites for hydroxylation is 1. The molecule has 24 heavy (non-hydrogen) atoms. The van der Waals surface area contributed by atoms with Gasteiger partial charge in [-0.05, 0) is 42.8 Å². The van der Waals surface area contributed by atoms with Gasteiger partial charge in [0.15, 0.2) is 0 Å². The molecule has 122 valence electrons. The molecule has 2 rings (SSSR count). The molecule has 2 aromatic rings. The van der Waals surface area contributed by atoms with E-state index >= 15 is 0 Å². The number of carbonyl (C=O) groups excluding carboxylic acids is 1. The zero-order valence-electron chi connectivity index (χ0n) is 12.8. The van der Waals surface area contributed by atoms with Crippen molar-refractivity contribution in [3.05, 3.63) is 65.2 Å². The number of amides is 1. The summed E-state index contributed by atoms with van der Waals surface area (Å²) in [6, 6.07) is 13.9. The summed E-state index contributed by atoms with van der Waals surface area (Å²) in [6.45, 7) is 1.85. The van der Waals surface area contributed by atoms with Crippen molar-refractivity contribution >= 4 is 22.1 Å². The van der Waals surface area contributed by atoms with E-state index < -0.39 is 16.0 Å². The average Bonchev–Trinajstić information content (AvgIpc) is 2.54. The van der Waals surface area contributed by atoms with Crippen molar-refractivity contribution < 1.29 is 17.4 Å². The van der Waals surface area contributed by atoms with Crippen LogP contribution in [0.25, 0.3) is 6.08 Å². The summed E-state index contributed by atoms with van der Waals surface area (Å²) in [7, 11) is -3.93. The number of primary amides is 1. The molecule has 0 saturated carbocycles. The fraction of sp³-hybridized carbons (Fsp3) is 0.0588. The maximum Gasteiger partial charge on any atom is 0.339 e. The van der Waals surface area contributed by atoms with Crippen molar-refractivity contribution in [2.45, 2.75) is 11.8 Å². The fourth-order valence-electron chi connectivity index (χ4n) is 1.82. The van der Waals surface area contributed by atoms with Gasteiger partial charge in [-0.2, -0.15) is 13.7 Å². The lowest BCUT2D eigenvalue weighted by Crippen LogP contribution is -2.12. The lowest BCUT2D eigenvalue weighted by Gasteiger charge is -2.07. The van der Waals surface area contributed by atoms with Crippen LogP contribution < -0.4 is 9.92 Å². The van der Waals surface area contributed by atoms with Gasteiger partial charge < -0.3 is 9.92 Å². The Hall–Kier alpha value is -3.11. The van der Waals surface area contributed by atoms with Crippen molar-refractivity contribution in [1.29, 1.82) is 5.26 Å². The largest absolute Gasteiger partial charge is 0.379 e. The molecule has 0 aliphatic heterocycles. The number of rotatable bonds is 5. The van der Waals surface area contributed by atoms with Crippen molar-refractivity contribution in [2.75, 3.05) is 0 Å². The van der Waals surface area contributed by atoms with Gasteiger partial charge >= 0.3 is 10.1 Å². The highest BCUT2D eigenvalue weighted by atomic mass is 32.2. The summed E-state index contributed by atoms with van der Waals surface area (Å²) in [4.78, 5) is 11.1. The van der Waals surface area contributed by atoms with Crippen LogP contribution >= 0.6 is 0 Å². The molecule has 7 heteroatoms. The molecule has 0 spiro atoms. The first-order valence-corrected chi connectivity index (χ1v) is 8.25. The van der Waals surface area contributed by atoms with Crippen LogP contribution in [-0.2, 0) is 14.9 Å². The highest BCUT2D eigenvalue weighted by Crippen LogP contribution is 2.20. The van der Waals surface area contributed by atoms with Gasteiger partial charge in [-0.15, -0.1) is 0 Å². The summed E-state index contributed by atoms with van der Waals surface area (Å²) in [5, 5.41) is 8.79. The topological polar surface area (TPSA) is 110 Å². The minimum Gasteiger partial charge on any atom is -0.379 e. The summed E-state index contributed by atoms with van der Waals surface area (Å²) >= 11 is 0. The predicted octanol–water partition coefficient (Wildman–Crippen LogP) is 2.16. The Morgan fingerprint density at radius 3 is 2.21 bits per heavy atom. The molecule has 0 radical (unpaired) electrons. The monoisotopic (exact) mass is 342 g/mol. The summed E-state index contributed by atoms with van der Waals surface area (Å²) in [5.41, 5.74) is 6.31. The van der Waals surface area contributed by atoms with E-state index in [4.69, 9.17) is 15.2 Å². The van der Waals surface area contributed by atoms with Crippen molar-refractivity contribution in [3.63, 3.8) is 0 Å². The van der Waals surface area contributed by atoms with Crippen molar-refractivity contribution in [3.8, 4) is 11.8 Å². The average molecular weight is 342 g/mol. The van der Waals surface area contributed by atoms with E-state index in [9.17, 15) is 13.2 Å². The molecule has 6 nitrogen and oxygen atoms in total. The number of benzene rings is 2. The van der Waals surface area contributed by atoms with E-state index in [1.165, 1.54) is 42.5 Å². The number of nitrogens with zero attached hydrogens (tertiary/aromatic N) is 1. The summed E-state index contributed by atoms with van der Waals surface area (Å²) in [6.07, 6.45) is 1.31. The lowest BCUT2D eigenvalue weighted by molar-refractivity contribution is -0.114. The molecule has 0 aromatic heterocycles. The standard InChI is InChI=1S/C17H14N2O4S/c1-12-2-8-16(9-3-12)24(21,22)23-15-6-4-13(5-7-15)10-14(11-18)17(19)20/h2-10H,1H3,(H2,19,20)/b14-10+. The minimum absolute atomic E-state index is 0.0533. The third-order valence-electron chi connectivity index (χ3n) is 3.09. The molecule has 0 fully saturated rings. The highest BCUT2D eigenvalue weighted by molar-refractivity contribution is 7.87. The van der Waals surface area contributed by atoms with Crippen LogP contribution in [0, 0.1) is 18.3 Å². The summed E-state index contributed by atoms with van der Waals surface area (Å²) in [5.74, 6) is -0.718. The second kappa shape index (κ2) is 6.98. The minimum atomic E-state index is -3.93. The number of hydrogen-bond acceptors (Lipinski definition) is 5. The maximum absolute atomic E-state index is 12.2. The normalized spacial score (nSPS) is 11.6. The van der Waals surface area contributed by atoms with Gasteiger partial charge in [0, 0.05) is 0 Å². The maximum atomic E-state index is 12.2. The van der Waals surface area contributed by atoms with E-state index in [0.717, 1.165) is 5.56 Å². The van der Waals surface area contributed by atoms with E-state index in [0.29, 0.717) is 5.56 Å². The second-order valence-electron chi connectivity index (χ2n) is 4.95. The van der Waals surface area contributed by atoms with Gasteiger partial charge in [-0.1, -0.05) is 29.8 Å². The van der Waals surface area contributed by atoms with E-state index in [1.807, 2.05) is 6.92 Å². The number of nitrogens with two attached hydrogens (primary N) is 1. The molecular formula is C17H14N2O4S. The van der Waals surface area contributed by atoms with Gasteiger partial charge in [0.05, 0.1) is 0 Å². The van der Waals surface area contributed by atoms with Gasteiger partial charge in [-0.3, -0.25) is 4.79 Å². The Labute approximate surface area is 139 Å². The third kappa shape index (κ3) is 4.21. The van der Waals surface area contributed by atoms with Crippen molar-refractivity contribution in [2.24, 2.45) is 5.73 Å². The molecule has 0 aliphatic carbocycles. The first-order chi connectivity index (χ1) is 11.3. The van der Waals surface area contributed by atoms with Crippen molar-refractivity contribution in [1.82, 2.24) is 0 Å². The Kier molecular flexibility index (Phi) is 5.02. The van der Waals surface area contributed by atoms with Crippen LogP contribution in [0.1, 0.15) is 11.1 Å². The first kappa shape index (κ1) is 17.2. The van der Waals surface area contributed by atoms with Crippen LogP contribution in [0.4, 0.5) is 0 Å². The molecule has 0 aliphatic rings. The Morgan fingerprint density at radius 1 is 1.12 bits per heavy atom. The highest BCUT2D eigenvalue weighted by Gasteiger charge is 2.16. The molecule has 0 saturated heterocycles. The molecule has 0 unspecified atom stereocenters. The lowest BCUT2D eigenvalue weighted by atomic mass is 10.1. The first-order valence-electron chi connectivity index (χ1n) is 6.84. The number of carbonyl (C=O) groups is 1. The number of hydrogen-bond donors (Lipinski definition) is 1. The zero-order chi connectivity index (χ0) is 17.7. The van der Waals surface area contributed by atoms with Crippen LogP contribution in [-0.4, -0.2) is 14.3 Å². The Balaban J connectivity index is 2.21. The molecule has 2 N–H and O–H groups in total. The molecule has 0 atom stereocenters. The molecule has 0 bridgehead atoms. The van der Waals surface area contributed by atoms with Crippen LogP contribution in [0.15, 0.2) is 59.0 Å². The second-order valence-corrected chi connectivity index (χ2v) is 6.50. The third-order valence-corrected chi connectivity index (χ3v) is 4.35. The SMILES string of the molecule is Cc1ccc(S(=O)(=O)Oc2ccc(/C=C(\C#N)C(N)=O)cc2)cc1. The predicted molar refractivity (Wildman–Crippen MR) is 88.2 cm³/mol. The van der Waals surface area contributed by atoms with Gasteiger partial charge in [0.25, 0.3) is 5.91 Å². The van der Waals surface area contributed by atoms with E-state index in [2.05, 4.69) is 0 Å². The van der Waals surface area contributed by atoms with E-state index in [-0.39, 0.29) is 16.2 Å². The van der Waals surface area contributed by atoms with Crippen LogP contribution in [0.5, 0.6) is 5.75 Å². The Morgan fingerprint density at radius 2 is 1.71 bits per heavy atom.